The van der Waals surface area contributed by atoms with E-state index in [1.165, 1.54) is 0 Å². The number of nitrogens with one attached hydrogen (secondary N) is 1. The molecular formula is C19H16ClN5OS. The third-order valence-corrected chi connectivity index (χ3v) is 5.37. The van der Waals surface area contributed by atoms with Crippen LogP contribution in [-0.2, 0) is 11.2 Å². The van der Waals surface area contributed by atoms with Gasteiger partial charge in [0, 0.05) is 27.7 Å². The lowest BCUT2D eigenvalue weighted by Crippen LogP contribution is -2.17. The molecule has 6 nitrogen and oxygen atoms in total. The number of fused-ring (bicyclic) bond motifs is 1. The van der Waals surface area contributed by atoms with Crippen LogP contribution in [-0.4, -0.2) is 25.5 Å². The highest BCUT2D eigenvalue weighted by atomic mass is 35.5. The summed E-state index contributed by atoms with van der Waals surface area (Å²) >= 11 is 7.46. The van der Waals surface area contributed by atoms with E-state index in [-0.39, 0.29) is 12.3 Å². The Hall–Kier alpha value is -2.77. The van der Waals surface area contributed by atoms with Crippen molar-refractivity contribution in [1.29, 1.82) is 0 Å². The van der Waals surface area contributed by atoms with Crippen molar-refractivity contribution in [2.45, 2.75) is 20.3 Å². The van der Waals surface area contributed by atoms with E-state index < -0.39 is 0 Å². The standard InChI is InChI=1S/C19H16ClN5OS/c1-11-15(10-17(26)22-14-7-5-13(20)6-8-14)12(2)25-19(21-11)23-18(24-25)16-4-3-9-27-16/h3-9H,10H2,1-2H3,(H,22,26). The van der Waals surface area contributed by atoms with Crippen molar-refractivity contribution in [2.24, 2.45) is 0 Å². The normalized spacial score (nSPS) is 11.1. The van der Waals surface area contributed by atoms with Crippen molar-refractivity contribution >= 4 is 40.3 Å². The van der Waals surface area contributed by atoms with Gasteiger partial charge in [-0.2, -0.15) is 4.98 Å². The molecule has 4 aromatic rings. The molecule has 0 fully saturated rings. The summed E-state index contributed by atoms with van der Waals surface area (Å²) < 4.78 is 1.70. The van der Waals surface area contributed by atoms with Crippen molar-refractivity contribution in [3.05, 3.63) is 63.8 Å². The molecule has 0 aliphatic heterocycles. The molecule has 8 heteroatoms. The largest absolute Gasteiger partial charge is 0.326 e. The Morgan fingerprint density at radius 1 is 1.19 bits per heavy atom. The highest BCUT2D eigenvalue weighted by Gasteiger charge is 2.17. The van der Waals surface area contributed by atoms with Crippen LogP contribution < -0.4 is 5.32 Å². The maximum absolute atomic E-state index is 12.5. The van der Waals surface area contributed by atoms with Gasteiger partial charge >= 0.3 is 0 Å². The zero-order valence-corrected chi connectivity index (χ0v) is 16.3. The first-order chi connectivity index (χ1) is 13.0. The van der Waals surface area contributed by atoms with Crippen LogP contribution in [0.4, 0.5) is 5.69 Å². The Bertz CT molecular complexity index is 1120. The Morgan fingerprint density at radius 3 is 2.67 bits per heavy atom. The number of hydrogen-bond acceptors (Lipinski definition) is 5. The van der Waals surface area contributed by atoms with Crippen molar-refractivity contribution in [3.63, 3.8) is 0 Å². The zero-order valence-electron chi connectivity index (χ0n) is 14.7. The van der Waals surface area contributed by atoms with Crippen LogP contribution >= 0.6 is 22.9 Å². The van der Waals surface area contributed by atoms with E-state index in [1.807, 2.05) is 31.4 Å². The summed E-state index contributed by atoms with van der Waals surface area (Å²) in [4.78, 5) is 22.5. The summed E-state index contributed by atoms with van der Waals surface area (Å²) in [7, 11) is 0. The monoisotopic (exact) mass is 397 g/mol. The number of anilines is 1. The van der Waals surface area contributed by atoms with Gasteiger partial charge in [-0.1, -0.05) is 17.7 Å². The maximum atomic E-state index is 12.5. The minimum atomic E-state index is -0.122. The molecule has 1 amide bonds. The van der Waals surface area contributed by atoms with E-state index in [9.17, 15) is 4.79 Å². The summed E-state index contributed by atoms with van der Waals surface area (Å²) in [5.74, 6) is 1.06. The fraction of sp³-hybridized carbons (Fsp3) is 0.158. The van der Waals surface area contributed by atoms with Crippen LogP contribution in [0.2, 0.25) is 5.02 Å². The first kappa shape index (κ1) is 17.6. The molecule has 1 N–H and O–H groups in total. The topological polar surface area (TPSA) is 72.2 Å². The van der Waals surface area contributed by atoms with Gasteiger partial charge in [-0.3, -0.25) is 4.79 Å². The molecule has 0 unspecified atom stereocenters. The molecule has 136 valence electrons. The summed E-state index contributed by atoms with van der Waals surface area (Å²) in [5.41, 5.74) is 3.18. The van der Waals surface area contributed by atoms with Gasteiger partial charge in [0.2, 0.25) is 5.91 Å². The molecule has 0 spiro atoms. The molecule has 1 aromatic carbocycles. The van der Waals surface area contributed by atoms with Crippen molar-refractivity contribution < 1.29 is 4.79 Å². The van der Waals surface area contributed by atoms with Gasteiger partial charge in [-0.25, -0.2) is 9.50 Å². The Balaban J connectivity index is 1.63. The van der Waals surface area contributed by atoms with Gasteiger partial charge < -0.3 is 5.32 Å². The van der Waals surface area contributed by atoms with Crippen molar-refractivity contribution in [2.75, 3.05) is 5.32 Å². The second-order valence-electron chi connectivity index (χ2n) is 6.12. The molecule has 0 aliphatic carbocycles. The molecule has 0 saturated carbocycles. The van der Waals surface area contributed by atoms with Gasteiger partial charge in [-0.15, -0.1) is 16.4 Å². The predicted molar refractivity (Wildman–Crippen MR) is 107 cm³/mol. The molecular weight excluding hydrogens is 382 g/mol. The van der Waals surface area contributed by atoms with Crippen molar-refractivity contribution in [1.82, 2.24) is 19.6 Å². The smallest absolute Gasteiger partial charge is 0.253 e. The van der Waals surface area contributed by atoms with Crippen LogP contribution in [0.1, 0.15) is 17.0 Å². The fourth-order valence-electron chi connectivity index (χ4n) is 2.87. The maximum Gasteiger partial charge on any atom is 0.253 e. The Labute approximate surface area is 164 Å². The van der Waals surface area contributed by atoms with E-state index in [0.29, 0.717) is 22.3 Å². The number of benzene rings is 1. The summed E-state index contributed by atoms with van der Waals surface area (Å²) in [5, 5.41) is 10.1. The Morgan fingerprint density at radius 2 is 1.96 bits per heavy atom. The molecule has 27 heavy (non-hydrogen) atoms. The van der Waals surface area contributed by atoms with Crippen molar-refractivity contribution in [3.8, 4) is 10.7 Å². The molecule has 0 bridgehead atoms. The summed E-state index contributed by atoms with van der Waals surface area (Å²) in [6, 6.07) is 11.0. The molecule has 0 atom stereocenters. The third kappa shape index (κ3) is 3.56. The van der Waals surface area contributed by atoms with E-state index >= 15 is 0 Å². The first-order valence-corrected chi connectivity index (χ1v) is 9.59. The van der Waals surface area contributed by atoms with Crippen LogP contribution in [0.3, 0.4) is 0 Å². The number of carbonyl (C=O) groups is 1. The van der Waals surface area contributed by atoms with Crippen LogP contribution in [0, 0.1) is 13.8 Å². The quantitative estimate of drug-likeness (QED) is 0.557. The molecule has 3 heterocycles. The van der Waals surface area contributed by atoms with E-state index in [0.717, 1.165) is 21.8 Å². The molecule has 0 radical (unpaired) electrons. The number of rotatable bonds is 4. The average Bonchev–Trinajstić information content (AvgIpc) is 3.30. The number of aromatic nitrogens is 4. The average molecular weight is 398 g/mol. The second kappa shape index (κ2) is 7.09. The predicted octanol–water partition coefficient (Wildman–Crippen LogP) is 4.30. The molecule has 0 saturated heterocycles. The molecule has 4 rings (SSSR count). The number of nitrogens with zero attached hydrogens (tertiary/aromatic N) is 4. The van der Waals surface area contributed by atoms with Gasteiger partial charge in [0.25, 0.3) is 5.78 Å². The van der Waals surface area contributed by atoms with Gasteiger partial charge in [0.05, 0.1) is 11.3 Å². The lowest BCUT2D eigenvalue weighted by atomic mass is 10.1. The third-order valence-electron chi connectivity index (χ3n) is 4.26. The number of aryl methyl sites for hydroxylation is 2. The number of carbonyl (C=O) groups excluding carboxylic acids is 1. The van der Waals surface area contributed by atoms with Crippen LogP contribution in [0.15, 0.2) is 41.8 Å². The summed E-state index contributed by atoms with van der Waals surface area (Å²) in [6.45, 7) is 3.82. The van der Waals surface area contributed by atoms with E-state index in [2.05, 4.69) is 20.4 Å². The SMILES string of the molecule is Cc1nc2nc(-c3cccs3)nn2c(C)c1CC(=O)Nc1ccc(Cl)cc1. The number of thiophene rings is 1. The zero-order chi connectivity index (χ0) is 19.0. The van der Waals surface area contributed by atoms with Gasteiger partial charge in [0.1, 0.15) is 0 Å². The molecule has 3 aromatic heterocycles. The van der Waals surface area contributed by atoms with Gasteiger partial charge in [0.15, 0.2) is 5.82 Å². The number of hydrogen-bond donors (Lipinski definition) is 1. The fourth-order valence-corrected chi connectivity index (χ4v) is 3.65. The van der Waals surface area contributed by atoms with E-state index in [1.54, 1.807) is 40.1 Å². The lowest BCUT2D eigenvalue weighted by Gasteiger charge is -2.10. The minimum absolute atomic E-state index is 0.122. The Kier molecular flexibility index (Phi) is 4.63. The minimum Gasteiger partial charge on any atom is -0.326 e. The van der Waals surface area contributed by atoms with Gasteiger partial charge in [-0.05, 0) is 49.6 Å². The second-order valence-corrected chi connectivity index (χ2v) is 7.50. The highest BCUT2D eigenvalue weighted by Crippen LogP contribution is 2.23. The lowest BCUT2D eigenvalue weighted by molar-refractivity contribution is -0.115. The molecule has 0 aliphatic rings. The van der Waals surface area contributed by atoms with Crippen LogP contribution in [0.25, 0.3) is 16.5 Å². The first-order valence-electron chi connectivity index (χ1n) is 8.33. The summed E-state index contributed by atoms with van der Waals surface area (Å²) in [6.07, 6.45) is 0.206. The number of amides is 1. The highest BCUT2D eigenvalue weighted by molar-refractivity contribution is 7.13. The van der Waals surface area contributed by atoms with E-state index in [4.69, 9.17) is 11.6 Å². The number of halogens is 1. The van der Waals surface area contributed by atoms with Crippen LogP contribution in [0.5, 0.6) is 0 Å².